The zero-order valence-corrected chi connectivity index (χ0v) is 10.9. The monoisotopic (exact) mass is 247 g/mol. The lowest BCUT2D eigenvalue weighted by molar-refractivity contribution is 0.197. The number of hydrogen-bond donors (Lipinski definition) is 2. The highest BCUT2D eigenvalue weighted by molar-refractivity contribution is 5.74. The predicted octanol–water partition coefficient (Wildman–Crippen LogP) is 1.84. The maximum atomic E-state index is 12.0. The van der Waals surface area contributed by atoms with Crippen LogP contribution in [0.15, 0.2) is 24.3 Å². The number of amides is 2. The molecule has 1 aromatic rings. The molecule has 1 aliphatic carbocycles. The van der Waals surface area contributed by atoms with Gasteiger partial charge >= 0.3 is 6.03 Å². The van der Waals surface area contributed by atoms with Crippen LogP contribution >= 0.6 is 0 Å². The van der Waals surface area contributed by atoms with Crippen LogP contribution in [0.4, 0.5) is 4.79 Å². The van der Waals surface area contributed by atoms with Gasteiger partial charge in [0.2, 0.25) is 0 Å². The van der Waals surface area contributed by atoms with Crippen molar-refractivity contribution in [3.05, 3.63) is 35.4 Å². The Kier molecular flexibility index (Phi) is 4.20. The summed E-state index contributed by atoms with van der Waals surface area (Å²) < 4.78 is 0. The van der Waals surface area contributed by atoms with E-state index in [0.29, 0.717) is 25.7 Å². The number of carbonyl (C=O) groups excluding carboxylic acids is 1. The van der Waals surface area contributed by atoms with E-state index in [9.17, 15) is 4.79 Å². The summed E-state index contributed by atoms with van der Waals surface area (Å²) in [6, 6.07) is 8.45. The third kappa shape index (κ3) is 3.23. The van der Waals surface area contributed by atoms with Gasteiger partial charge in [0.1, 0.15) is 0 Å². The van der Waals surface area contributed by atoms with Crippen LogP contribution in [0, 0.1) is 0 Å². The van der Waals surface area contributed by atoms with Crippen LogP contribution in [0.2, 0.25) is 0 Å². The number of hydrogen-bond acceptors (Lipinski definition) is 2. The van der Waals surface area contributed by atoms with Crippen LogP contribution < -0.4 is 11.1 Å². The van der Waals surface area contributed by atoms with Crippen molar-refractivity contribution >= 4 is 6.03 Å². The first-order valence-corrected chi connectivity index (χ1v) is 6.57. The summed E-state index contributed by atoms with van der Waals surface area (Å²) in [6.07, 6.45) is 2.23. The van der Waals surface area contributed by atoms with E-state index in [1.165, 1.54) is 0 Å². The summed E-state index contributed by atoms with van der Waals surface area (Å²) >= 11 is 0. The molecular weight excluding hydrogens is 226 g/mol. The lowest BCUT2D eigenvalue weighted by Crippen LogP contribution is -2.40. The van der Waals surface area contributed by atoms with Crippen molar-refractivity contribution < 1.29 is 4.79 Å². The Morgan fingerprint density at radius 2 is 2.06 bits per heavy atom. The summed E-state index contributed by atoms with van der Waals surface area (Å²) in [5.41, 5.74) is 7.95. The van der Waals surface area contributed by atoms with Crippen LogP contribution in [-0.4, -0.2) is 23.5 Å². The van der Waals surface area contributed by atoms with Crippen molar-refractivity contribution in [1.29, 1.82) is 0 Å². The lowest BCUT2D eigenvalue weighted by atomic mass is 10.1. The molecule has 0 bridgehead atoms. The summed E-state index contributed by atoms with van der Waals surface area (Å²) in [7, 11) is 0. The molecule has 1 fully saturated rings. The molecule has 4 nitrogen and oxygen atoms in total. The fraction of sp³-hybridized carbons (Fsp3) is 0.500. The molecule has 18 heavy (non-hydrogen) atoms. The van der Waals surface area contributed by atoms with Gasteiger partial charge in [-0.1, -0.05) is 24.3 Å². The number of urea groups is 1. The summed E-state index contributed by atoms with van der Waals surface area (Å²) in [5.74, 6) is 0. The zero-order chi connectivity index (χ0) is 13.0. The third-order valence-corrected chi connectivity index (χ3v) is 3.27. The van der Waals surface area contributed by atoms with Crippen LogP contribution in [0.25, 0.3) is 0 Å². The van der Waals surface area contributed by atoms with E-state index in [1.54, 1.807) is 0 Å². The van der Waals surface area contributed by atoms with Crippen LogP contribution in [0.5, 0.6) is 0 Å². The second-order valence-electron chi connectivity index (χ2n) is 4.71. The standard InChI is InChI=1S/C14H21N3O/c1-2-17(14(18)16-13-7-8-13)10-12-6-4-3-5-11(12)9-15/h3-6,13H,2,7-10,15H2,1H3,(H,16,18). The Morgan fingerprint density at radius 3 is 2.61 bits per heavy atom. The maximum Gasteiger partial charge on any atom is 0.317 e. The molecular formula is C14H21N3O. The topological polar surface area (TPSA) is 58.4 Å². The van der Waals surface area contributed by atoms with E-state index in [4.69, 9.17) is 5.73 Å². The van der Waals surface area contributed by atoms with Gasteiger partial charge in [-0.2, -0.15) is 0 Å². The van der Waals surface area contributed by atoms with Crippen molar-refractivity contribution in [3.8, 4) is 0 Å². The quantitative estimate of drug-likeness (QED) is 0.834. The molecule has 0 spiro atoms. The molecule has 1 aromatic carbocycles. The van der Waals surface area contributed by atoms with Crippen molar-refractivity contribution in [1.82, 2.24) is 10.2 Å². The molecule has 98 valence electrons. The number of nitrogens with zero attached hydrogens (tertiary/aromatic N) is 1. The minimum Gasteiger partial charge on any atom is -0.335 e. The largest absolute Gasteiger partial charge is 0.335 e. The first-order valence-electron chi connectivity index (χ1n) is 6.57. The molecule has 0 saturated heterocycles. The highest BCUT2D eigenvalue weighted by Crippen LogP contribution is 2.19. The minimum absolute atomic E-state index is 0.0341. The molecule has 0 heterocycles. The van der Waals surface area contributed by atoms with E-state index in [0.717, 1.165) is 24.0 Å². The SMILES string of the molecule is CCN(Cc1ccccc1CN)C(=O)NC1CC1. The third-order valence-electron chi connectivity index (χ3n) is 3.27. The molecule has 0 aliphatic heterocycles. The molecule has 0 aromatic heterocycles. The number of nitrogens with one attached hydrogen (secondary N) is 1. The van der Waals surface area contributed by atoms with Gasteiger partial charge in [0.25, 0.3) is 0 Å². The highest BCUT2D eigenvalue weighted by Gasteiger charge is 2.25. The van der Waals surface area contributed by atoms with Gasteiger partial charge in [-0.15, -0.1) is 0 Å². The van der Waals surface area contributed by atoms with E-state index in [2.05, 4.69) is 5.32 Å². The van der Waals surface area contributed by atoms with E-state index >= 15 is 0 Å². The lowest BCUT2D eigenvalue weighted by Gasteiger charge is -2.22. The molecule has 1 aliphatic rings. The van der Waals surface area contributed by atoms with Gasteiger partial charge in [-0.25, -0.2) is 4.79 Å². The predicted molar refractivity (Wildman–Crippen MR) is 72.0 cm³/mol. The average Bonchev–Trinajstić information content (AvgIpc) is 3.20. The van der Waals surface area contributed by atoms with Gasteiger partial charge in [-0.05, 0) is 30.9 Å². The van der Waals surface area contributed by atoms with Gasteiger partial charge in [0.15, 0.2) is 0 Å². The Balaban J connectivity index is 2.01. The smallest absolute Gasteiger partial charge is 0.317 e. The van der Waals surface area contributed by atoms with Gasteiger partial charge < -0.3 is 16.0 Å². The molecule has 2 rings (SSSR count). The Labute approximate surface area is 108 Å². The maximum absolute atomic E-state index is 12.0. The van der Waals surface area contributed by atoms with Gasteiger partial charge in [0.05, 0.1) is 0 Å². The zero-order valence-electron chi connectivity index (χ0n) is 10.9. The van der Waals surface area contributed by atoms with Crippen molar-refractivity contribution in [3.63, 3.8) is 0 Å². The number of rotatable bonds is 5. The normalized spacial score (nSPS) is 14.3. The Morgan fingerprint density at radius 1 is 1.39 bits per heavy atom. The first-order chi connectivity index (χ1) is 8.74. The molecule has 0 atom stereocenters. The van der Waals surface area contributed by atoms with Gasteiger partial charge in [0, 0.05) is 25.7 Å². The van der Waals surface area contributed by atoms with Crippen molar-refractivity contribution in [2.45, 2.75) is 38.9 Å². The summed E-state index contributed by atoms with van der Waals surface area (Å²) in [6.45, 7) is 3.84. The average molecular weight is 247 g/mol. The summed E-state index contributed by atoms with van der Waals surface area (Å²) in [5, 5.41) is 3.02. The highest BCUT2D eigenvalue weighted by atomic mass is 16.2. The molecule has 0 unspecified atom stereocenters. The fourth-order valence-electron chi connectivity index (χ4n) is 1.94. The van der Waals surface area contributed by atoms with Crippen molar-refractivity contribution in [2.75, 3.05) is 6.54 Å². The van der Waals surface area contributed by atoms with Crippen LogP contribution in [0.3, 0.4) is 0 Å². The molecule has 3 N–H and O–H groups in total. The van der Waals surface area contributed by atoms with E-state index in [1.807, 2.05) is 36.1 Å². The molecule has 1 saturated carbocycles. The second-order valence-corrected chi connectivity index (χ2v) is 4.71. The number of nitrogens with two attached hydrogens (primary N) is 1. The molecule has 4 heteroatoms. The van der Waals surface area contributed by atoms with Crippen LogP contribution in [0.1, 0.15) is 30.9 Å². The minimum atomic E-state index is 0.0341. The Bertz CT molecular complexity index is 415. The molecule has 0 radical (unpaired) electrons. The Hall–Kier alpha value is -1.55. The molecule has 2 amide bonds. The van der Waals surface area contributed by atoms with E-state index < -0.39 is 0 Å². The number of carbonyl (C=O) groups is 1. The fourth-order valence-corrected chi connectivity index (χ4v) is 1.94. The van der Waals surface area contributed by atoms with Gasteiger partial charge in [-0.3, -0.25) is 0 Å². The van der Waals surface area contributed by atoms with Crippen LogP contribution in [-0.2, 0) is 13.1 Å². The number of benzene rings is 1. The second kappa shape index (κ2) is 5.87. The first kappa shape index (κ1) is 12.9. The van der Waals surface area contributed by atoms with E-state index in [-0.39, 0.29) is 6.03 Å². The summed E-state index contributed by atoms with van der Waals surface area (Å²) in [4.78, 5) is 13.8. The van der Waals surface area contributed by atoms with Crippen molar-refractivity contribution in [2.24, 2.45) is 5.73 Å².